The minimum atomic E-state index is -1.01. The van der Waals surface area contributed by atoms with Gasteiger partial charge in [0.2, 0.25) is 0 Å². The molecule has 172 valence electrons. The zero-order valence-corrected chi connectivity index (χ0v) is 19.3. The Bertz CT molecular complexity index is 869. The lowest BCUT2D eigenvalue weighted by Gasteiger charge is -2.23. The van der Waals surface area contributed by atoms with Crippen molar-refractivity contribution in [2.24, 2.45) is 5.41 Å². The Morgan fingerprint density at radius 1 is 1.29 bits per heavy atom. The van der Waals surface area contributed by atoms with Gasteiger partial charge in [-0.05, 0) is 53.0 Å². The van der Waals surface area contributed by atoms with Gasteiger partial charge in [-0.2, -0.15) is 0 Å². The monoisotopic (exact) mass is 436 g/mol. The smallest absolute Gasteiger partial charge is 0.342 e. The number of aliphatic carboxylic acids is 1. The molecule has 0 fully saturated rings. The third kappa shape index (κ3) is 5.37. The first-order valence-electron chi connectivity index (χ1n) is 10.2. The van der Waals surface area contributed by atoms with Crippen LogP contribution in [0.2, 0.25) is 0 Å². The normalized spacial score (nSPS) is 14.8. The summed E-state index contributed by atoms with van der Waals surface area (Å²) in [6.45, 7) is 8.40. The van der Waals surface area contributed by atoms with Gasteiger partial charge in [-0.1, -0.05) is 11.6 Å². The lowest BCUT2D eigenvalue weighted by molar-refractivity contribution is -0.231. The molecule has 0 saturated heterocycles. The number of hydrogen-bond acceptors (Lipinski definition) is 7. The first-order chi connectivity index (χ1) is 14.6. The Morgan fingerprint density at radius 3 is 2.52 bits per heavy atom. The average Bonchev–Trinajstić information content (AvgIpc) is 3.09. The molecule has 31 heavy (non-hydrogen) atoms. The molecule has 1 unspecified atom stereocenters. The van der Waals surface area contributed by atoms with E-state index in [0.29, 0.717) is 47.6 Å². The minimum absolute atomic E-state index is 0.140. The number of fused-ring (bicyclic) bond motifs is 1. The standard InChI is InChI=1S/C23H32O8/c1-8-29-22(28-7)31-19-15(10-9-13(2)11-23(4,5)21(25)26)18(27-6)14(3)16-12-30-20(24)17(16)19/h9,22H,8,10-12H2,1-7H3,(H,25,26)/b13-9+. The molecule has 0 aromatic heterocycles. The van der Waals surface area contributed by atoms with Crippen molar-refractivity contribution in [2.45, 2.75) is 60.5 Å². The molecule has 0 amide bonds. The molecule has 0 bridgehead atoms. The first kappa shape index (κ1) is 24.7. The molecular weight excluding hydrogens is 404 g/mol. The van der Waals surface area contributed by atoms with E-state index in [9.17, 15) is 14.7 Å². The maximum atomic E-state index is 12.5. The fourth-order valence-corrected chi connectivity index (χ4v) is 3.64. The van der Waals surface area contributed by atoms with Crippen LogP contribution >= 0.6 is 0 Å². The number of benzene rings is 1. The van der Waals surface area contributed by atoms with Gasteiger partial charge in [0.15, 0.2) is 0 Å². The van der Waals surface area contributed by atoms with E-state index in [0.717, 1.165) is 11.1 Å². The average molecular weight is 437 g/mol. The maximum Gasteiger partial charge on any atom is 0.342 e. The maximum absolute atomic E-state index is 12.5. The van der Waals surface area contributed by atoms with Crippen molar-refractivity contribution in [3.8, 4) is 11.5 Å². The van der Waals surface area contributed by atoms with Crippen LogP contribution in [0.5, 0.6) is 11.5 Å². The van der Waals surface area contributed by atoms with Gasteiger partial charge in [-0.3, -0.25) is 4.79 Å². The zero-order valence-electron chi connectivity index (χ0n) is 19.3. The molecule has 1 aromatic rings. The summed E-state index contributed by atoms with van der Waals surface area (Å²) >= 11 is 0. The van der Waals surface area contributed by atoms with Crippen LogP contribution in [0, 0.1) is 12.3 Å². The van der Waals surface area contributed by atoms with Gasteiger partial charge < -0.3 is 28.8 Å². The van der Waals surface area contributed by atoms with E-state index in [2.05, 4.69) is 0 Å². The molecule has 1 aliphatic heterocycles. The molecule has 0 saturated carbocycles. The molecular formula is C23H32O8. The molecule has 0 radical (unpaired) electrons. The van der Waals surface area contributed by atoms with Crippen LogP contribution in [-0.2, 0) is 32.0 Å². The molecule has 8 heteroatoms. The predicted molar refractivity (Wildman–Crippen MR) is 113 cm³/mol. The summed E-state index contributed by atoms with van der Waals surface area (Å²) in [5.74, 6) is -0.463. The highest BCUT2D eigenvalue weighted by Gasteiger charge is 2.34. The number of ether oxygens (including phenoxy) is 5. The molecule has 1 aromatic carbocycles. The summed E-state index contributed by atoms with van der Waals surface area (Å²) in [6, 6.07) is 0. The molecule has 1 N–H and O–H groups in total. The molecule has 0 aliphatic carbocycles. The molecule has 0 spiro atoms. The number of cyclic esters (lactones) is 1. The predicted octanol–water partition coefficient (Wildman–Crippen LogP) is 4.01. The van der Waals surface area contributed by atoms with Gasteiger partial charge >= 0.3 is 18.4 Å². The van der Waals surface area contributed by atoms with Gasteiger partial charge in [0.05, 0.1) is 19.1 Å². The van der Waals surface area contributed by atoms with E-state index in [-0.39, 0.29) is 6.61 Å². The van der Waals surface area contributed by atoms with Gasteiger partial charge in [0.25, 0.3) is 0 Å². The van der Waals surface area contributed by atoms with Crippen molar-refractivity contribution in [3.05, 3.63) is 33.9 Å². The van der Waals surface area contributed by atoms with Gasteiger partial charge in [0.1, 0.15) is 23.7 Å². The van der Waals surface area contributed by atoms with Gasteiger partial charge in [0, 0.05) is 18.2 Å². The van der Waals surface area contributed by atoms with Crippen LogP contribution in [0.3, 0.4) is 0 Å². The summed E-state index contributed by atoms with van der Waals surface area (Å²) in [5, 5.41) is 9.40. The lowest BCUT2D eigenvalue weighted by Crippen LogP contribution is -2.24. The minimum Gasteiger partial charge on any atom is -0.496 e. The lowest BCUT2D eigenvalue weighted by atomic mass is 9.85. The Kier molecular flexibility index (Phi) is 8.08. The quantitative estimate of drug-likeness (QED) is 0.315. The van der Waals surface area contributed by atoms with E-state index in [1.807, 2.05) is 19.9 Å². The summed E-state index contributed by atoms with van der Waals surface area (Å²) in [4.78, 5) is 24.0. The number of carboxylic acid groups (broad SMARTS) is 1. The molecule has 8 nitrogen and oxygen atoms in total. The van der Waals surface area contributed by atoms with Crippen LogP contribution in [0.25, 0.3) is 0 Å². The summed E-state index contributed by atoms with van der Waals surface area (Å²) in [6.07, 6.45) is 2.67. The first-order valence-corrected chi connectivity index (χ1v) is 10.2. The second-order valence-corrected chi connectivity index (χ2v) is 8.11. The highest BCUT2D eigenvalue weighted by atomic mass is 16.8. The van der Waals surface area contributed by atoms with E-state index >= 15 is 0 Å². The number of carboxylic acids is 1. The van der Waals surface area contributed by atoms with Crippen molar-refractivity contribution in [1.29, 1.82) is 0 Å². The zero-order chi connectivity index (χ0) is 23.3. The van der Waals surface area contributed by atoms with Crippen LogP contribution in [0.15, 0.2) is 11.6 Å². The summed E-state index contributed by atoms with van der Waals surface area (Å²) in [7, 11) is 3.00. The Hall–Kier alpha value is -2.58. The number of esters is 1. The highest BCUT2D eigenvalue weighted by Crippen LogP contribution is 2.43. The number of methoxy groups -OCH3 is 2. The largest absolute Gasteiger partial charge is 0.496 e. The fourth-order valence-electron chi connectivity index (χ4n) is 3.64. The molecule has 1 heterocycles. The van der Waals surface area contributed by atoms with Crippen molar-refractivity contribution < 1.29 is 38.4 Å². The molecule has 1 atom stereocenters. The van der Waals surface area contributed by atoms with Crippen molar-refractivity contribution in [2.75, 3.05) is 20.8 Å². The van der Waals surface area contributed by atoms with Gasteiger partial charge in [-0.25, -0.2) is 4.79 Å². The van der Waals surface area contributed by atoms with Gasteiger partial charge in [-0.15, -0.1) is 0 Å². The van der Waals surface area contributed by atoms with E-state index in [1.165, 1.54) is 7.11 Å². The Morgan fingerprint density at radius 2 is 1.97 bits per heavy atom. The van der Waals surface area contributed by atoms with Crippen LogP contribution < -0.4 is 9.47 Å². The molecule has 1 aliphatic rings. The van der Waals surface area contributed by atoms with E-state index in [4.69, 9.17) is 23.7 Å². The molecule has 2 rings (SSSR count). The van der Waals surface area contributed by atoms with Crippen LogP contribution in [0.1, 0.15) is 61.2 Å². The van der Waals surface area contributed by atoms with E-state index < -0.39 is 23.8 Å². The van der Waals surface area contributed by atoms with Crippen molar-refractivity contribution in [3.63, 3.8) is 0 Å². The summed E-state index contributed by atoms with van der Waals surface area (Å²) < 4.78 is 27.6. The number of carbonyl (C=O) groups excluding carboxylic acids is 1. The summed E-state index contributed by atoms with van der Waals surface area (Å²) in [5.41, 5.74) is 2.50. The van der Waals surface area contributed by atoms with Crippen LogP contribution in [-0.4, -0.2) is 44.3 Å². The Labute approximate surface area is 183 Å². The second kappa shape index (κ2) is 10.2. The second-order valence-electron chi connectivity index (χ2n) is 8.11. The van der Waals surface area contributed by atoms with E-state index in [1.54, 1.807) is 27.9 Å². The number of hydrogen-bond donors (Lipinski definition) is 1. The number of rotatable bonds is 11. The third-order valence-electron chi connectivity index (χ3n) is 5.29. The highest BCUT2D eigenvalue weighted by molar-refractivity contribution is 5.98. The number of carbonyl (C=O) groups is 2. The Balaban J connectivity index is 2.55. The third-order valence-corrected chi connectivity index (χ3v) is 5.29. The SMILES string of the molecule is CCOC(OC)Oc1c(C/C=C(\C)CC(C)(C)C(=O)O)c(OC)c(C)c2c1C(=O)OC2. The fraction of sp³-hybridized carbons (Fsp3) is 0.565. The number of allylic oxidation sites excluding steroid dienone is 2. The topological polar surface area (TPSA) is 101 Å². The van der Waals surface area contributed by atoms with Crippen molar-refractivity contribution in [1.82, 2.24) is 0 Å². The van der Waals surface area contributed by atoms with Crippen LogP contribution in [0.4, 0.5) is 0 Å². The van der Waals surface area contributed by atoms with Crippen molar-refractivity contribution >= 4 is 11.9 Å².